The highest BCUT2D eigenvalue weighted by atomic mass is 79.9. The molecule has 0 aliphatic carbocycles. The van der Waals surface area contributed by atoms with E-state index in [1.807, 2.05) is 0 Å². The van der Waals surface area contributed by atoms with Crippen molar-refractivity contribution in [2.75, 3.05) is 11.4 Å². The zero-order valence-corrected chi connectivity index (χ0v) is 12.0. The van der Waals surface area contributed by atoms with Crippen LogP contribution in [0.2, 0.25) is 0 Å². The highest BCUT2D eigenvalue weighted by Crippen LogP contribution is 2.31. The molecule has 1 aromatic rings. The Hall–Kier alpha value is -0.540. The van der Waals surface area contributed by atoms with Crippen LogP contribution >= 0.6 is 15.9 Å². The van der Waals surface area contributed by atoms with Gasteiger partial charge in [0, 0.05) is 23.6 Å². The van der Waals surface area contributed by atoms with Crippen LogP contribution in [0.3, 0.4) is 0 Å². The molecule has 1 heterocycles. The van der Waals surface area contributed by atoms with Crippen LogP contribution in [0.15, 0.2) is 22.7 Å². The van der Waals surface area contributed by atoms with Gasteiger partial charge in [-0.15, -0.1) is 0 Å². The Labute approximate surface area is 112 Å². The third-order valence-corrected chi connectivity index (χ3v) is 4.25. The first-order valence-corrected chi connectivity index (χ1v) is 7.27. The fraction of sp³-hybridized carbons (Fsp3) is 0.571. The van der Waals surface area contributed by atoms with Crippen LogP contribution < -0.4 is 10.6 Å². The van der Waals surface area contributed by atoms with Gasteiger partial charge in [0.1, 0.15) is 0 Å². The van der Waals surface area contributed by atoms with Gasteiger partial charge in [0.05, 0.1) is 5.69 Å². The fourth-order valence-corrected chi connectivity index (χ4v) is 3.20. The van der Waals surface area contributed by atoms with Crippen molar-refractivity contribution in [3.63, 3.8) is 0 Å². The lowest BCUT2D eigenvalue weighted by Gasteiger charge is -2.30. The largest absolute Gasteiger partial charge is 0.368 e. The summed E-state index contributed by atoms with van der Waals surface area (Å²) in [7, 11) is 0. The number of anilines is 1. The van der Waals surface area contributed by atoms with Crippen molar-refractivity contribution in [1.82, 2.24) is 0 Å². The molecule has 3 heteroatoms. The average Bonchev–Trinajstić information content (AvgIpc) is 2.54. The molecule has 0 saturated carbocycles. The first-order valence-electron chi connectivity index (χ1n) is 6.47. The number of hydrogen-bond acceptors (Lipinski definition) is 2. The molecule has 1 fully saturated rings. The van der Waals surface area contributed by atoms with E-state index >= 15 is 0 Å². The monoisotopic (exact) mass is 296 g/mol. The molecule has 2 rings (SSSR count). The van der Waals surface area contributed by atoms with Crippen molar-refractivity contribution >= 4 is 21.6 Å². The molecule has 1 aromatic carbocycles. The van der Waals surface area contributed by atoms with Crippen molar-refractivity contribution in [1.29, 1.82) is 0 Å². The molecule has 1 saturated heterocycles. The lowest BCUT2D eigenvalue weighted by molar-refractivity contribution is 0.615. The lowest BCUT2D eigenvalue weighted by Crippen LogP contribution is -2.32. The second kappa shape index (κ2) is 5.87. The van der Waals surface area contributed by atoms with E-state index in [0.29, 0.717) is 12.6 Å². The first-order chi connectivity index (χ1) is 8.22. The van der Waals surface area contributed by atoms with E-state index < -0.39 is 0 Å². The van der Waals surface area contributed by atoms with E-state index in [4.69, 9.17) is 5.73 Å². The zero-order chi connectivity index (χ0) is 12.3. The summed E-state index contributed by atoms with van der Waals surface area (Å²) in [4.78, 5) is 2.53. The number of halogens is 1. The van der Waals surface area contributed by atoms with E-state index in [0.717, 1.165) is 0 Å². The van der Waals surface area contributed by atoms with Crippen LogP contribution in [0.1, 0.15) is 38.2 Å². The molecule has 94 valence electrons. The molecular formula is C14H21BrN2. The summed E-state index contributed by atoms with van der Waals surface area (Å²) in [6, 6.07) is 7.12. The van der Waals surface area contributed by atoms with E-state index in [9.17, 15) is 0 Å². The van der Waals surface area contributed by atoms with Gasteiger partial charge in [-0.3, -0.25) is 0 Å². The van der Waals surface area contributed by atoms with Gasteiger partial charge in [0.15, 0.2) is 0 Å². The maximum absolute atomic E-state index is 5.67. The van der Waals surface area contributed by atoms with Crippen LogP contribution in [0.4, 0.5) is 5.69 Å². The molecule has 2 N–H and O–H groups in total. The van der Waals surface area contributed by atoms with Crippen molar-refractivity contribution in [2.45, 2.75) is 45.2 Å². The highest BCUT2D eigenvalue weighted by molar-refractivity contribution is 9.10. The minimum absolute atomic E-state index is 0.606. The Kier molecular flexibility index (Phi) is 4.46. The van der Waals surface area contributed by atoms with Gasteiger partial charge in [0.25, 0.3) is 0 Å². The second-order valence-electron chi connectivity index (χ2n) is 4.88. The molecule has 1 aliphatic rings. The van der Waals surface area contributed by atoms with E-state index in [1.54, 1.807) is 0 Å². The molecule has 0 radical (unpaired) electrons. The molecular weight excluding hydrogens is 276 g/mol. The highest BCUT2D eigenvalue weighted by Gasteiger charge is 2.19. The van der Waals surface area contributed by atoms with Gasteiger partial charge >= 0.3 is 0 Å². The van der Waals surface area contributed by atoms with Gasteiger partial charge in [-0.25, -0.2) is 0 Å². The summed E-state index contributed by atoms with van der Waals surface area (Å²) in [5.74, 6) is 0. The Morgan fingerprint density at radius 3 is 2.88 bits per heavy atom. The molecule has 17 heavy (non-hydrogen) atoms. The average molecular weight is 297 g/mol. The smallest absolute Gasteiger partial charge is 0.0513 e. The number of hydrogen-bond donors (Lipinski definition) is 1. The van der Waals surface area contributed by atoms with Crippen molar-refractivity contribution < 1.29 is 0 Å². The Morgan fingerprint density at radius 2 is 2.18 bits per heavy atom. The summed E-state index contributed by atoms with van der Waals surface area (Å²) >= 11 is 3.68. The molecule has 0 bridgehead atoms. The molecule has 0 amide bonds. The number of nitrogens with two attached hydrogens (primary N) is 1. The van der Waals surface area contributed by atoms with E-state index in [2.05, 4.69) is 46.0 Å². The maximum Gasteiger partial charge on any atom is 0.0513 e. The molecule has 0 spiro atoms. The number of nitrogens with zero attached hydrogens (tertiary/aromatic N) is 1. The minimum atomic E-state index is 0.606. The molecule has 1 unspecified atom stereocenters. The summed E-state index contributed by atoms with van der Waals surface area (Å²) in [5.41, 5.74) is 8.16. The van der Waals surface area contributed by atoms with Crippen LogP contribution in [0.25, 0.3) is 0 Å². The van der Waals surface area contributed by atoms with Gasteiger partial charge in [-0.05, 0) is 53.4 Å². The maximum atomic E-state index is 5.67. The number of rotatable bonds is 2. The Balaban J connectivity index is 2.25. The molecule has 0 aromatic heterocycles. The third-order valence-electron chi connectivity index (χ3n) is 3.61. The standard InChI is InChI=1S/C14H21BrN2/c1-11-5-3-2-4-8-17(11)14-7-6-12(10-16)9-13(14)15/h6-7,9,11H,2-5,8,10,16H2,1H3. The predicted molar refractivity (Wildman–Crippen MR) is 77.3 cm³/mol. The van der Waals surface area contributed by atoms with Crippen LogP contribution in [0, 0.1) is 0 Å². The molecule has 1 atom stereocenters. The normalized spacial score (nSPS) is 21.4. The van der Waals surface area contributed by atoms with Gasteiger partial charge in [-0.2, -0.15) is 0 Å². The summed E-state index contributed by atoms with van der Waals surface area (Å²) in [6.07, 6.45) is 5.32. The van der Waals surface area contributed by atoms with Crippen molar-refractivity contribution in [3.05, 3.63) is 28.2 Å². The summed E-state index contributed by atoms with van der Waals surface area (Å²) in [6.45, 7) is 4.10. The topological polar surface area (TPSA) is 29.3 Å². The molecule has 1 aliphatic heterocycles. The Bertz CT molecular complexity index is 378. The quantitative estimate of drug-likeness (QED) is 0.902. The zero-order valence-electron chi connectivity index (χ0n) is 10.5. The molecule has 2 nitrogen and oxygen atoms in total. The van der Waals surface area contributed by atoms with E-state index in [-0.39, 0.29) is 0 Å². The second-order valence-corrected chi connectivity index (χ2v) is 5.74. The summed E-state index contributed by atoms with van der Waals surface area (Å²) < 4.78 is 1.18. The van der Waals surface area contributed by atoms with Crippen LogP contribution in [-0.4, -0.2) is 12.6 Å². The fourth-order valence-electron chi connectivity index (χ4n) is 2.54. The Morgan fingerprint density at radius 1 is 1.35 bits per heavy atom. The van der Waals surface area contributed by atoms with Crippen LogP contribution in [-0.2, 0) is 6.54 Å². The first kappa shape index (κ1) is 12.9. The van der Waals surface area contributed by atoms with Gasteiger partial charge in [-0.1, -0.05) is 18.9 Å². The third kappa shape index (κ3) is 3.02. The van der Waals surface area contributed by atoms with E-state index in [1.165, 1.54) is 48.0 Å². The lowest BCUT2D eigenvalue weighted by atomic mass is 10.1. The minimum Gasteiger partial charge on any atom is -0.368 e. The van der Waals surface area contributed by atoms with Crippen molar-refractivity contribution in [3.8, 4) is 0 Å². The number of benzene rings is 1. The SMILES string of the molecule is CC1CCCCCN1c1ccc(CN)cc1Br. The van der Waals surface area contributed by atoms with Crippen molar-refractivity contribution in [2.24, 2.45) is 5.73 Å². The predicted octanol–water partition coefficient (Wildman–Crippen LogP) is 3.68. The van der Waals surface area contributed by atoms with Gasteiger partial charge < -0.3 is 10.6 Å². The van der Waals surface area contributed by atoms with Crippen LogP contribution in [0.5, 0.6) is 0 Å². The summed E-state index contributed by atoms with van der Waals surface area (Å²) in [5, 5.41) is 0. The van der Waals surface area contributed by atoms with Gasteiger partial charge in [0.2, 0.25) is 0 Å².